The normalized spacial score (nSPS) is 16.4. The molecule has 6 rings (SSSR count). The number of ketones is 1. The number of methoxy groups -OCH3 is 2. The van der Waals surface area contributed by atoms with Crippen LogP contribution in [0.4, 0.5) is 5.69 Å². The third kappa shape index (κ3) is 3.76. The highest BCUT2D eigenvalue weighted by atomic mass is 79.9. The number of carbonyl (C=O) groups is 2. The topological polar surface area (TPSA) is 108 Å². The average molecular weight is 578 g/mol. The number of nitrogens with zero attached hydrogens (tertiary/aromatic N) is 1. The van der Waals surface area contributed by atoms with Gasteiger partial charge >= 0.3 is 0 Å². The van der Waals surface area contributed by atoms with E-state index in [1.54, 1.807) is 54.6 Å². The first-order chi connectivity index (χ1) is 18.4. The summed E-state index contributed by atoms with van der Waals surface area (Å²) in [6.45, 7) is 0.0568. The van der Waals surface area contributed by atoms with E-state index in [1.165, 1.54) is 19.1 Å². The first kappa shape index (κ1) is 23.9. The largest absolute Gasteiger partial charge is 0.503 e. The lowest BCUT2D eigenvalue weighted by atomic mass is 9.94. The molecule has 1 amide bonds. The standard InChI is InChI=1S/C28H20BrNO8/c1-34-19-6-3-14(10-21(19)35-2)25-24(26(31)23-11-15-9-16(29)4-7-18(15)38-23)27(32)28(33)30(25)17-5-8-20-22(12-17)37-13-36-20/h3-12,25,32H,13H2,1-2H3. The van der Waals surface area contributed by atoms with Crippen molar-refractivity contribution in [2.75, 3.05) is 25.9 Å². The predicted octanol–water partition coefficient (Wildman–Crippen LogP) is 5.72. The van der Waals surface area contributed by atoms with Crippen LogP contribution in [-0.4, -0.2) is 37.8 Å². The second kappa shape index (κ2) is 9.14. The lowest BCUT2D eigenvalue weighted by Gasteiger charge is -2.27. The van der Waals surface area contributed by atoms with E-state index in [9.17, 15) is 14.7 Å². The molecule has 0 fully saturated rings. The molecule has 0 saturated carbocycles. The summed E-state index contributed by atoms with van der Waals surface area (Å²) in [5.41, 5.74) is 1.29. The smallest absolute Gasteiger partial charge is 0.294 e. The maximum absolute atomic E-state index is 13.9. The quantitative estimate of drug-likeness (QED) is 0.290. The number of aliphatic hydroxyl groups is 1. The second-order valence-electron chi connectivity index (χ2n) is 8.61. The Bertz CT molecular complexity index is 1660. The zero-order valence-electron chi connectivity index (χ0n) is 20.2. The van der Waals surface area contributed by atoms with Crippen LogP contribution in [0.1, 0.15) is 22.2 Å². The Balaban J connectivity index is 1.51. The number of furan rings is 1. The molecule has 0 spiro atoms. The number of hydrogen-bond donors (Lipinski definition) is 1. The van der Waals surface area contributed by atoms with Crippen molar-refractivity contribution < 1.29 is 38.1 Å². The fraction of sp³-hybridized carbons (Fsp3) is 0.143. The van der Waals surface area contributed by atoms with Gasteiger partial charge in [-0.15, -0.1) is 0 Å². The van der Waals surface area contributed by atoms with Crippen LogP contribution in [-0.2, 0) is 4.79 Å². The van der Waals surface area contributed by atoms with E-state index < -0.39 is 23.5 Å². The van der Waals surface area contributed by atoms with Crippen LogP contribution in [0.2, 0.25) is 0 Å². The van der Waals surface area contributed by atoms with Crippen LogP contribution in [0, 0.1) is 0 Å². The van der Waals surface area contributed by atoms with Crippen LogP contribution in [0.25, 0.3) is 11.0 Å². The summed E-state index contributed by atoms with van der Waals surface area (Å²) in [5, 5.41) is 11.8. The molecule has 4 aromatic rings. The van der Waals surface area contributed by atoms with Crippen molar-refractivity contribution >= 4 is 44.3 Å². The zero-order chi connectivity index (χ0) is 26.6. The Labute approximate surface area is 224 Å². The molecule has 0 aliphatic carbocycles. The molecule has 38 heavy (non-hydrogen) atoms. The number of halogens is 1. The number of benzene rings is 3. The average Bonchev–Trinajstić information content (AvgIpc) is 3.63. The molecule has 1 unspecified atom stereocenters. The van der Waals surface area contributed by atoms with Gasteiger partial charge in [0.1, 0.15) is 5.58 Å². The zero-order valence-corrected chi connectivity index (χ0v) is 21.8. The second-order valence-corrected chi connectivity index (χ2v) is 9.53. The number of rotatable bonds is 6. The Morgan fingerprint density at radius 3 is 2.55 bits per heavy atom. The molecular formula is C28H20BrNO8. The number of aliphatic hydroxyl groups excluding tert-OH is 1. The van der Waals surface area contributed by atoms with Crippen LogP contribution in [0.5, 0.6) is 23.0 Å². The van der Waals surface area contributed by atoms with Crippen molar-refractivity contribution in [3.63, 3.8) is 0 Å². The molecule has 1 atom stereocenters. The molecule has 2 aliphatic heterocycles. The van der Waals surface area contributed by atoms with Crippen molar-refractivity contribution in [1.82, 2.24) is 0 Å². The summed E-state index contributed by atoms with van der Waals surface area (Å²) in [4.78, 5) is 28.7. The Hall–Kier alpha value is -4.44. The molecule has 0 radical (unpaired) electrons. The maximum atomic E-state index is 13.9. The fourth-order valence-electron chi connectivity index (χ4n) is 4.74. The summed E-state index contributed by atoms with van der Waals surface area (Å²) in [7, 11) is 3.00. The monoisotopic (exact) mass is 577 g/mol. The van der Waals surface area contributed by atoms with Crippen LogP contribution < -0.4 is 23.8 Å². The van der Waals surface area contributed by atoms with Gasteiger partial charge < -0.3 is 28.5 Å². The summed E-state index contributed by atoms with van der Waals surface area (Å²) in [5.74, 6) is -0.195. The van der Waals surface area contributed by atoms with E-state index in [0.29, 0.717) is 45.2 Å². The molecule has 2 aliphatic rings. The number of hydrogen-bond acceptors (Lipinski definition) is 8. The molecule has 192 valence electrons. The molecule has 1 N–H and O–H groups in total. The van der Waals surface area contributed by atoms with Crippen molar-refractivity contribution in [2.24, 2.45) is 0 Å². The Morgan fingerprint density at radius 2 is 1.76 bits per heavy atom. The minimum absolute atomic E-state index is 0.00883. The highest BCUT2D eigenvalue weighted by Crippen LogP contribution is 2.46. The van der Waals surface area contributed by atoms with Gasteiger partial charge in [-0.1, -0.05) is 22.0 Å². The Kier molecular flexibility index (Phi) is 5.76. The van der Waals surface area contributed by atoms with Gasteiger partial charge in [-0.3, -0.25) is 14.5 Å². The Morgan fingerprint density at radius 1 is 0.974 bits per heavy atom. The lowest BCUT2D eigenvalue weighted by molar-refractivity contribution is -0.117. The minimum Gasteiger partial charge on any atom is -0.503 e. The predicted molar refractivity (Wildman–Crippen MR) is 140 cm³/mol. The van der Waals surface area contributed by atoms with Crippen LogP contribution >= 0.6 is 15.9 Å². The van der Waals surface area contributed by atoms with Gasteiger partial charge in [-0.05, 0) is 54.1 Å². The summed E-state index contributed by atoms with van der Waals surface area (Å²) in [6.07, 6.45) is 0. The summed E-state index contributed by atoms with van der Waals surface area (Å²) < 4.78 is 28.4. The summed E-state index contributed by atoms with van der Waals surface area (Å²) >= 11 is 3.41. The van der Waals surface area contributed by atoms with E-state index in [2.05, 4.69) is 15.9 Å². The van der Waals surface area contributed by atoms with Gasteiger partial charge in [0.25, 0.3) is 5.91 Å². The molecule has 0 bridgehead atoms. The van der Waals surface area contributed by atoms with E-state index in [-0.39, 0.29) is 18.1 Å². The number of anilines is 1. The molecule has 1 aromatic heterocycles. The number of amides is 1. The maximum Gasteiger partial charge on any atom is 0.294 e. The lowest BCUT2D eigenvalue weighted by Crippen LogP contribution is -2.31. The third-order valence-electron chi connectivity index (χ3n) is 6.51. The van der Waals surface area contributed by atoms with E-state index >= 15 is 0 Å². The first-order valence-corrected chi connectivity index (χ1v) is 12.3. The first-order valence-electron chi connectivity index (χ1n) is 11.5. The van der Waals surface area contributed by atoms with Gasteiger partial charge in [0, 0.05) is 21.6 Å². The molecule has 0 saturated heterocycles. The van der Waals surface area contributed by atoms with Crippen molar-refractivity contribution in [1.29, 1.82) is 0 Å². The van der Waals surface area contributed by atoms with E-state index in [0.717, 1.165) is 4.47 Å². The van der Waals surface area contributed by atoms with Crippen molar-refractivity contribution in [3.05, 3.63) is 87.8 Å². The number of carbonyl (C=O) groups excluding carboxylic acids is 2. The highest BCUT2D eigenvalue weighted by Gasteiger charge is 2.46. The van der Waals surface area contributed by atoms with Crippen molar-refractivity contribution in [2.45, 2.75) is 6.04 Å². The molecular weight excluding hydrogens is 558 g/mol. The van der Waals surface area contributed by atoms with Gasteiger partial charge in [0.15, 0.2) is 34.5 Å². The van der Waals surface area contributed by atoms with Gasteiger partial charge in [-0.25, -0.2) is 0 Å². The highest BCUT2D eigenvalue weighted by molar-refractivity contribution is 9.10. The van der Waals surface area contributed by atoms with Gasteiger partial charge in [0.2, 0.25) is 12.6 Å². The molecule has 3 aromatic carbocycles. The SMILES string of the molecule is COc1ccc(C2C(C(=O)c3cc4cc(Br)ccc4o3)=C(O)C(=O)N2c2ccc3c(c2)OCO3)cc1OC. The van der Waals surface area contributed by atoms with Gasteiger partial charge in [-0.2, -0.15) is 0 Å². The number of fused-ring (bicyclic) bond motifs is 2. The minimum atomic E-state index is -1.00. The summed E-state index contributed by atoms with van der Waals surface area (Å²) in [6, 6.07) is 15.9. The van der Waals surface area contributed by atoms with Gasteiger partial charge in [0.05, 0.1) is 25.8 Å². The third-order valence-corrected chi connectivity index (χ3v) is 7.01. The number of ether oxygens (including phenoxy) is 4. The number of Topliss-reactive ketones (excluding diaryl/α,β-unsaturated/α-hetero) is 1. The molecule has 3 heterocycles. The van der Waals surface area contributed by atoms with Crippen LogP contribution in [0.15, 0.2) is 80.9 Å². The van der Waals surface area contributed by atoms with Crippen molar-refractivity contribution in [3.8, 4) is 23.0 Å². The van der Waals surface area contributed by atoms with E-state index in [4.69, 9.17) is 23.4 Å². The molecule has 10 heteroatoms. The fourth-order valence-corrected chi connectivity index (χ4v) is 5.11. The van der Waals surface area contributed by atoms with E-state index in [1.807, 2.05) is 6.07 Å². The van der Waals surface area contributed by atoms with Crippen LogP contribution in [0.3, 0.4) is 0 Å². The molecule has 9 nitrogen and oxygen atoms in total.